The van der Waals surface area contributed by atoms with Crippen LogP contribution in [-0.2, 0) is 19.4 Å². The van der Waals surface area contributed by atoms with E-state index in [-0.39, 0.29) is 60.4 Å². The lowest BCUT2D eigenvalue weighted by molar-refractivity contribution is 0.0824. The zero-order valence-corrected chi connectivity index (χ0v) is 61.2. The number of fused-ring (bicyclic) bond motifs is 3. The van der Waals surface area contributed by atoms with Gasteiger partial charge in [-0.1, -0.05) is 86.1 Å². The first-order valence-electron chi connectivity index (χ1n) is 34.3. The molecule has 0 bridgehead atoms. The van der Waals surface area contributed by atoms with E-state index in [1.165, 1.54) is 71.2 Å². The Balaban J connectivity index is 0.000000155. The van der Waals surface area contributed by atoms with Crippen molar-refractivity contribution in [1.29, 1.82) is 0 Å². The van der Waals surface area contributed by atoms with Crippen LogP contribution in [0.4, 0.5) is 8.78 Å². The molecule has 3 aromatic heterocycles. The second kappa shape index (κ2) is 32.4. The molecule has 2 saturated heterocycles. The average Bonchev–Trinajstić information content (AvgIpc) is 1.66. The van der Waals surface area contributed by atoms with E-state index in [2.05, 4.69) is 28.9 Å². The highest BCUT2D eigenvalue weighted by molar-refractivity contribution is 7.22. The van der Waals surface area contributed by atoms with Gasteiger partial charge in [-0.3, -0.25) is 18.8 Å². The molecule has 0 unspecified atom stereocenters. The molecule has 0 amide bonds. The third-order valence-electron chi connectivity index (χ3n) is 18.9. The number of rotatable bonds is 20. The summed E-state index contributed by atoms with van der Waals surface area (Å²) in [5, 5.41) is 32.3. The maximum atomic E-state index is 13.9. The number of carbonyl (C=O) groups is 3. The largest absolute Gasteiger partial charge is 0.508 e. The molecule has 0 aliphatic carbocycles. The number of aromatic hydroxyl groups is 3. The summed E-state index contributed by atoms with van der Waals surface area (Å²) in [6.45, 7) is 23.9. The second-order valence-electron chi connectivity index (χ2n) is 27.2. The second-order valence-corrected chi connectivity index (χ2v) is 30.3. The normalized spacial score (nSPS) is 13.8. The molecule has 0 radical (unpaired) electrons. The van der Waals surface area contributed by atoms with Gasteiger partial charge in [0.25, 0.3) is 0 Å². The topological polar surface area (TPSA) is 172 Å². The number of ketones is 3. The van der Waals surface area contributed by atoms with Crippen LogP contribution in [0.25, 0.3) is 30.3 Å². The van der Waals surface area contributed by atoms with E-state index in [9.17, 15) is 38.5 Å². The summed E-state index contributed by atoms with van der Waals surface area (Å²) in [6, 6.07) is 49.5. The molecule has 9 aromatic carbocycles. The molecule has 2 aliphatic heterocycles. The van der Waals surface area contributed by atoms with Crippen molar-refractivity contribution in [3.63, 3.8) is 0 Å². The number of likely N-dealkylation sites (tertiary alicyclic amines) is 2. The van der Waals surface area contributed by atoms with Gasteiger partial charge in [-0.05, 0) is 240 Å². The van der Waals surface area contributed by atoms with Crippen LogP contribution in [-0.4, -0.2) is 88.4 Å². The first-order chi connectivity index (χ1) is 49.0. The van der Waals surface area contributed by atoms with E-state index in [1.54, 1.807) is 62.4 Å². The van der Waals surface area contributed by atoms with E-state index < -0.39 is 0 Å². The molecular formula is C86H87F2N3O9S3. The van der Waals surface area contributed by atoms with Gasteiger partial charge in [-0.25, -0.2) is 4.39 Å². The Labute approximate surface area is 613 Å². The number of nitrogens with two attached hydrogens (primary N) is 1. The summed E-state index contributed by atoms with van der Waals surface area (Å²) in [5.74, 6) is 4.10. The molecule has 0 spiro atoms. The van der Waals surface area contributed by atoms with Crippen molar-refractivity contribution in [2.24, 2.45) is 17.6 Å². The molecule has 103 heavy (non-hydrogen) atoms. The Bertz CT molecular complexity index is 5040. The predicted molar refractivity (Wildman–Crippen MR) is 416 cm³/mol. The maximum Gasteiger partial charge on any atom is 0.207 e. The van der Waals surface area contributed by atoms with Crippen LogP contribution in [0.5, 0.6) is 51.7 Å². The number of thiophene rings is 3. The Morgan fingerprint density at radius 1 is 0.466 bits per heavy atom. The zero-order valence-electron chi connectivity index (χ0n) is 58.8. The molecule has 14 rings (SSSR count). The first kappa shape index (κ1) is 74.6. The van der Waals surface area contributed by atoms with Gasteiger partial charge in [0.05, 0.1) is 6.67 Å². The molecule has 1 atom stereocenters. The number of alkyl halides is 1. The quantitative estimate of drug-likeness (QED) is 0.0533. The number of aryl methyl sites for hydroxylation is 8. The lowest BCUT2D eigenvalue weighted by Gasteiger charge is -2.37. The van der Waals surface area contributed by atoms with E-state index in [4.69, 9.17) is 19.9 Å². The molecule has 5 heterocycles. The fraction of sp³-hybridized carbons (Fsp3) is 0.267. The van der Waals surface area contributed by atoms with Gasteiger partial charge >= 0.3 is 0 Å². The van der Waals surface area contributed by atoms with Crippen LogP contribution in [0.2, 0.25) is 0 Å². The van der Waals surface area contributed by atoms with Crippen molar-refractivity contribution in [2.45, 2.75) is 95.5 Å². The van der Waals surface area contributed by atoms with Gasteiger partial charge < -0.3 is 45.1 Å². The van der Waals surface area contributed by atoms with E-state index >= 15 is 0 Å². The minimum Gasteiger partial charge on any atom is -0.508 e. The van der Waals surface area contributed by atoms with Gasteiger partial charge in [0.1, 0.15) is 54.9 Å². The van der Waals surface area contributed by atoms with E-state index in [0.29, 0.717) is 83.5 Å². The van der Waals surface area contributed by atoms with Crippen molar-refractivity contribution >= 4 is 81.6 Å². The number of carbonyl (C=O) groups excluding carboxylic acids is 3. The summed E-state index contributed by atoms with van der Waals surface area (Å²) in [6.07, 6.45) is 3.18. The van der Waals surface area contributed by atoms with Gasteiger partial charge in [0, 0.05) is 92.1 Å². The third-order valence-corrected chi connectivity index (χ3v) is 22.3. The summed E-state index contributed by atoms with van der Waals surface area (Å²) >= 11 is 3.95. The lowest BCUT2D eigenvalue weighted by atomic mass is 9.95. The highest BCUT2D eigenvalue weighted by Crippen LogP contribution is 2.47. The molecule has 12 nitrogen and oxygen atoms in total. The molecule has 0 saturated carbocycles. The monoisotopic (exact) mass is 1440 g/mol. The number of halogens is 2. The fourth-order valence-corrected chi connectivity index (χ4v) is 17.2. The average molecular weight is 1440 g/mol. The van der Waals surface area contributed by atoms with Crippen molar-refractivity contribution in [3.8, 4) is 51.7 Å². The van der Waals surface area contributed by atoms with Crippen molar-refractivity contribution in [3.05, 3.63) is 262 Å². The smallest absolute Gasteiger partial charge is 0.207 e. The molecule has 532 valence electrons. The van der Waals surface area contributed by atoms with Crippen LogP contribution in [0, 0.1) is 73.0 Å². The highest BCUT2D eigenvalue weighted by Gasteiger charge is 2.30. The predicted octanol–water partition coefficient (Wildman–Crippen LogP) is 20.9. The molecule has 17 heteroatoms. The van der Waals surface area contributed by atoms with Crippen molar-refractivity contribution in [2.75, 3.05) is 45.9 Å². The minimum atomic E-state index is -0.379. The fourth-order valence-electron chi connectivity index (χ4n) is 13.9. The SMILES string of the molecule is C.Cc1cc(C)c(C(=O)c2sc3cc(O)ccc3c2Oc2ccc(CCN3CC[C@H](C)C3)cc2)c(C)c1.Cc1cc(C)c(C(=O)c2sc3cc(O)ccc3c2Oc2ccc(CN)cc2)c(C)c1.Cc1cc(F)cc(C)c1C(=O)c1sc2cc(O)ccc2c1Oc1ccc(CCN2CC(CF)C2)cc1. The number of benzene rings is 9. The number of hydrogen-bond donors (Lipinski definition) is 4. The Morgan fingerprint density at radius 3 is 1.12 bits per heavy atom. The minimum absolute atomic E-state index is 0. The number of ether oxygens (including phenoxy) is 3. The lowest BCUT2D eigenvalue weighted by Crippen LogP contribution is -2.48. The Morgan fingerprint density at radius 2 is 0.796 bits per heavy atom. The van der Waals surface area contributed by atoms with E-state index in [0.717, 1.165) is 120 Å². The molecule has 5 N–H and O–H groups in total. The van der Waals surface area contributed by atoms with Gasteiger partial charge in [0.2, 0.25) is 17.3 Å². The maximum absolute atomic E-state index is 13.9. The number of hydrogen-bond acceptors (Lipinski definition) is 15. The Kier molecular flexibility index (Phi) is 23.5. The van der Waals surface area contributed by atoms with Crippen LogP contribution in [0.15, 0.2) is 164 Å². The van der Waals surface area contributed by atoms with Crippen molar-refractivity contribution in [1.82, 2.24) is 9.80 Å². The first-order valence-corrected chi connectivity index (χ1v) is 36.8. The van der Waals surface area contributed by atoms with Crippen molar-refractivity contribution < 1.29 is 52.7 Å². The third kappa shape index (κ3) is 17.1. The summed E-state index contributed by atoms with van der Waals surface area (Å²) in [4.78, 5) is 47.4. The number of phenolic OH excluding ortho intramolecular Hbond substituents is 3. The highest BCUT2D eigenvalue weighted by atomic mass is 32.1. The molecule has 12 aromatic rings. The number of phenols is 3. The van der Waals surface area contributed by atoms with Crippen LogP contribution < -0.4 is 19.9 Å². The van der Waals surface area contributed by atoms with Gasteiger partial charge in [0.15, 0.2) is 17.2 Å². The zero-order chi connectivity index (χ0) is 72.2. The van der Waals surface area contributed by atoms with Gasteiger partial charge in [-0.15, -0.1) is 34.0 Å². The van der Waals surface area contributed by atoms with E-state index in [1.807, 2.05) is 133 Å². The van der Waals surface area contributed by atoms with Crippen LogP contribution >= 0.6 is 34.0 Å². The van der Waals surface area contributed by atoms with Gasteiger partial charge in [-0.2, -0.15) is 0 Å². The summed E-state index contributed by atoms with van der Waals surface area (Å²) < 4.78 is 47.7. The summed E-state index contributed by atoms with van der Waals surface area (Å²) in [7, 11) is 0. The summed E-state index contributed by atoms with van der Waals surface area (Å²) in [5.41, 5.74) is 18.2. The van der Waals surface area contributed by atoms with Crippen LogP contribution in [0.1, 0.15) is 128 Å². The molecule has 2 fully saturated rings. The Hall–Kier alpha value is -9.59. The molecule has 2 aliphatic rings. The number of nitrogens with zero attached hydrogens (tertiary/aromatic N) is 2. The molecular weight excluding hydrogens is 1350 g/mol. The van der Waals surface area contributed by atoms with Crippen LogP contribution in [0.3, 0.4) is 0 Å². The standard InChI is InChI=1S/C31H33NO3S.C29H27F2NO3S.C25H23NO3S.CH4/c1-19-11-13-32(18-19)14-12-23-5-8-25(9-6-23)35-30-26-10-7-24(33)17-27(26)36-31(30)29(34)28-21(3)15-20(2)16-22(28)4;1-17-11-21(31)12-18(2)26(17)27(34)29-28(24-8-5-22(33)13-25(24)36-29)35-23-6-3-19(4-7-23)9-10-32-15-20(14-30)16-32;1-14-10-15(2)22(16(3)11-14)23(28)25-24(20-9-6-18(27)12-21(20)30-25)29-19-7-4-17(13-26)5-8-19;/h5-10,15-17,19,33H,11-14,18H2,1-4H3;3-8,11-13,20,33H,9-10,14-16H2,1-2H3;4-12,27H,13,26H2,1-3H3;1H4/t19-;;;/m0.../s1.